The molecule has 0 atom stereocenters. The average molecular weight is 255 g/mol. The molecule has 18 heavy (non-hydrogen) atoms. The lowest BCUT2D eigenvalue weighted by Gasteiger charge is -2.40. The summed E-state index contributed by atoms with van der Waals surface area (Å²) in [4.78, 5) is 14.1. The lowest BCUT2D eigenvalue weighted by atomic mass is 9.70. The maximum atomic E-state index is 11.7. The Hall–Kier alpha value is -0.570. The fourth-order valence-electron chi connectivity index (χ4n) is 2.95. The monoisotopic (exact) mass is 255 g/mol. The largest absolute Gasteiger partial charge is 0.481 e. The summed E-state index contributed by atoms with van der Waals surface area (Å²) in [6, 6.07) is 0.431. The van der Waals surface area contributed by atoms with Gasteiger partial charge in [-0.05, 0) is 58.4 Å². The van der Waals surface area contributed by atoms with Crippen molar-refractivity contribution in [3.63, 3.8) is 0 Å². The Morgan fingerprint density at radius 3 is 2.33 bits per heavy atom. The van der Waals surface area contributed by atoms with Crippen molar-refractivity contribution < 1.29 is 9.90 Å². The Morgan fingerprint density at radius 1 is 1.39 bits per heavy atom. The van der Waals surface area contributed by atoms with Crippen LogP contribution in [0.3, 0.4) is 0 Å². The van der Waals surface area contributed by atoms with Crippen LogP contribution in [0, 0.1) is 11.3 Å². The van der Waals surface area contributed by atoms with Gasteiger partial charge in [0.25, 0.3) is 0 Å². The zero-order valence-electron chi connectivity index (χ0n) is 12.4. The van der Waals surface area contributed by atoms with Crippen molar-refractivity contribution in [1.29, 1.82) is 0 Å². The van der Waals surface area contributed by atoms with E-state index in [2.05, 4.69) is 32.6 Å². The van der Waals surface area contributed by atoms with Gasteiger partial charge >= 0.3 is 5.97 Å². The van der Waals surface area contributed by atoms with Crippen LogP contribution in [0.1, 0.15) is 59.8 Å². The summed E-state index contributed by atoms with van der Waals surface area (Å²) >= 11 is 0. The van der Waals surface area contributed by atoms with Gasteiger partial charge in [-0.3, -0.25) is 9.69 Å². The number of hydrogen-bond acceptors (Lipinski definition) is 2. The topological polar surface area (TPSA) is 40.5 Å². The van der Waals surface area contributed by atoms with E-state index in [-0.39, 0.29) is 0 Å². The molecule has 0 aliphatic heterocycles. The van der Waals surface area contributed by atoms with E-state index in [1.165, 1.54) is 0 Å². The second-order valence-corrected chi connectivity index (χ2v) is 6.33. The summed E-state index contributed by atoms with van der Waals surface area (Å²) in [7, 11) is 0. The van der Waals surface area contributed by atoms with Crippen molar-refractivity contribution in [1.82, 2.24) is 4.90 Å². The highest BCUT2D eigenvalue weighted by Gasteiger charge is 2.42. The van der Waals surface area contributed by atoms with E-state index in [0.29, 0.717) is 12.0 Å². The van der Waals surface area contributed by atoms with Gasteiger partial charge in [-0.1, -0.05) is 13.8 Å². The van der Waals surface area contributed by atoms with Gasteiger partial charge < -0.3 is 5.11 Å². The minimum absolute atomic E-state index is 0.431. The minimum atomic E-state index is -0.587. The van der Waals surface area contributed by atoms with Gasteiger partial charge in [0.15, 0.2) is 0 Å². The molecular formula is C15H29NO2. The van der Waals surface area contributed by atoms with Gasteiger partial charge in [0, 0.05) is 12.6 Å². The molecule has 0 radical (unpaired) electrons. The standard InChI is InChI=1S/C15H29NO2/c1-5-10-16(12(2)3)11-15(14(17)18)8-6-13(4)7-9-15/h12-13H,5-11H2,1-4H3,(H,17,18). The van der Waals surface area contributed by atoms with Crippen LogP contribution in [-0.4, -0.2) is 35.1 Å². The number of carbonyl (C=O) groups is 1. The van der Waals surface area contributed by atoms with E-state index in [4.69, 9.17) is 0 Å². The number of nitrogens with zero attached hydrogens (tertiary/aromatic N) is 1. The van der Waals surface area contributed by atoms with Gasteiger partial charge in [-0.2, -0.15) is 0 Å². The molecule has 1 aliphatic carbocycles. The number of carboxylic acid groups (broad SMARTS) is 1. The molecule has 1 saturated carbocycles. The van der Waals surface area contributed by atoms with Crippen molar-refractivity contribution in [3.05, 3.63) is 0 Å². The van der Waals surface area contributed by atoms with Crippen LogP contribution in [0.4, 0.5) is 0 Å². The summed E-state index contributed by atoms with van der Waals surface area (Å²) in [6.07, 6.45) is 4.89. The molecule has 0 aromatic carbocycles. The highest BCUT2D eigenvalue weighted by atomic mass is 16.4. The maximum Gasteiger partial charge on any atom is 0.310 e. The smallest absolute Gasteiger partial charge is 0.310 e. The second kappa shape index (κ2) is 6.55. The highest BCUT2D eigenvalue weighted by Crippen LogP contribution is 2.40. The van der Waals surface area contributed by atoms with Gasteiger partial charge in [0.05, 0.1) is 5.41 Å². The van der Waals surface area contributed by atoms with E-state index in [9.17, 15) is 9.90 Å². The first-order valence-corrected chi connectivity index (χ1v) is 7.38. The second-order valence-electron chi connectivity index (χ2n) is 6.33. The first-order valence-electron chi connectivity index (χ1n) is 7.38. The van der Waals surface area contributed by atoms with E-state index in [1.807, 2.05) is 0 Å². The predicted molar refractivity (Wildman–Crippen MR) is 74.7 cm³/mol. The lowest BCUT2D eigenvalue weighted by Crippen LogP contribution is -2.47. The molecule has 1 N–H and O–H groups in total. The van der Waals surface area contributed by atoms with Crippen LogP contribution >= 0.6 is 0 Å². The molecule has 106 valence electrons. The van der Waals surface area contributed by atoms with Crippen LogP contribution in [0.15, 0.2) is 0 Å². The third kappa shape index (κ3) is 3.71. The third-order valence-corrected chi connectivity index (χ3v) is 4.43. The van der Waals surface area contributed by atoms with Gasteiger partial charge in [-0.15, -0.1) is 0 Å². The first-order chi connectivity index (χ1) is 8.41. The van der Waals surface area contributed by atoms with E-state index >= 15 is 0 Å². The molecule has 0 saturated heterocycles. The van der Waals surface area contributed by atoms with Crippen LogP contribution in [0.2, 0.25) is 0 Å². The van der Waals surface area contributed by atoms with Gasteiger partial charge in [0.1, 0.15) is 0 Å². The Morgan fingerprint density at radius 2 is 1.94 bits per heavy atom. The molecule has 1 rings (SSSR count). The molecular weight excluding hydrogens is 226 g/mol. The van der Waals surface area contributed by atoms with E-state index in [1.54, 1.807) is 0 Å². The lowest BCUT2D eigenvalue weighted by molar-refractivity contribution is -0.153. The average Bonchev–Trinajstić information content (AvgIpc) is 2.31. The summed E-state index contributed by atoms with van der Waals surface area (Å²) in [5.74, 6) is 0.104. The Bertz CT molecular complexity index is 268. The fraction of sp³-hybridized carbons (Fsp3) is 0.933. The molecule has 0 bridgehead atoms. The van der Waals surface area contributed by atoms with Crippen molar-refractivity contribution in [2.45, 2.75) is 65.8 Å². The van der Waals surface area contributed by atoms with E-state index < -0.39 is 11.4 Å². The molecule has 1 fully saturated rings. The number of carboxylic acids is 1. The van der Waals surface area contributed by atoms with Gasteiger partial charge in [0.2, 0.25) is 0 Å². The zero-order chi connectivity index (χ0) is 13.8. The summed E-state index contributed by atoms with van der Waals surface area (Å²) < 4.78 is 0. The normalized spacial score (nSPS) is 28.9. The maximum absolute atomic E-state index is 11.7. The van der Waals surface area contributed by atoms with Crippen molar-refractivity contribution >= 4 is 5.97 Å². The molecule has 1 aliphatic rings. The molecule has 0 aromatic rings. The first kappa shape index (κ1) is 15.5. The number of hydrogen-bond donors (Lipinski definition) is 1. The molecule has 0 heterocycles. The number of rotatable bonds is 6. The van der Waals surface area contributed by atoms with Crippen LogP contribution in [-0.2, 0) is 4.79 Å². The molecule has 3 heteroatoms. The van der Waals surface area contributed by atoms with Crippen molar-refractivity contribution in [2.24, 2.45) is 11.3 Å². The highest BCUT2D eigenvalue weighted by molar-refractivity contribution is 5.75. The number of aliphatic carboxylic acids is 1. The Balaban J connectivity index is 2.75. The minimum Gasteiger partial charge on any atom is -0.481 e. The van der Waals surface area contributed by atoms with Crippen LogP contribution in [0.5, 0.6) is 0 Å². The Labute approximate surface area is 112 Å². The van der Waals surface area contributed by atoms with Crippen LogP contribution < -0.4 is 0 Å². The van der Waals surface area contributed by atoms with Gasteiger partial charge in [-0.25, -0.2) is 0 Å². The summed E-state index contributed by atoms with van der Waals surface area (Å²) in [6.45, 7) is 10.4. The van der Waals surface area contributed by atoms with E-state index in [0.717, 1.165) is 45.2 Å². The molecule has 0 amide bonds. The quantitative estimate of drug-likeness (QED) is 0.791. The molecule has 0 unspecified atom stereocenters. The Kier molecular flexibility index (Phi) is 5.64. The van der Waals surface area contributed by atoms with Crippen molar-refractivity contribution in [3.8, 4) is 0 Å². The molecule has 0 aromatic heterocycles. The zero-order valence-corrected chi connectivity index (χ0v) is 12.4. The van der Waals surface area contributed by atoms with Crippen molar-refractivity contribution in [2.75, 3.05) is 13.1 Å². The van der Waals surface area contributed by atoms with Crippen LogP contribution in [0.25, 0.3) is 0 Å². The third-order valence-electron chi connectivity index (χ3n) is 4.43. The molecule has 3 nitrogen and oxygen atoms in total. The predicted octanol–water partition coefficient (Wildman–Crippen LogP) is 3.39. The fourth-order valence-corrected chi connectivity index (χ4v) is 2.95. The summed E-state index contributed by atoms with van der Waals surface area (Å²) in [5, 5.41) is 9.65. The summed E-state index contributed by atoms with van der Waals surface area (Å²) in [5.41, 5.74) is -0.494. The SMILES string of the molecule is CCCN(CC1(C(=O)O)CCC(C)CC1)C(C)C. The molecule has 0 spiro atoms.